The lowest BCUT2D eigenvalue weighted by molar-refractivity contribution is -0.153. The molecular weight excluding hydrogens is 184 g/mol. The first-order chi connectivity index (χ1) is 6.63. The Labute approximate surface area is 82.3 Å². The van der Waals surface area contributed by atoms with Crippen molar-refractivity contribution in [3.05, 3.63) is 0 Å². The maximum absolute atomic E-state index is 11.4. The molecule has 0 heterocycles. The Kier molecular flexibility index (Phi) is 3.80. The van der Waals surface area contributed by atoms with E-state index >= 15 is 0 Å². The van der Waals surface area contributed by atoms with Gasteiger partial charge in [0.15, 0.2) is 0 Å². The normalized spacial score (nSPS) is 23.7. The Hall–Kier alpha value is -1.19. The second-order valence-corrected chi connectivity index (χ2v) is 3.64. The molecule has 0 bridgehead atoms. The highest BCUT2D eigenvalue weighted by Crippen LogP contribution is 2.20. The fraction of sp³-hybridized carbons (Fsp3) is 0.700. The van der Waals surface area contributed by atoms with Crippen molar-refractivity contribution >= 4 is 17.5 Å². The summed E-state index contributed by atoms with van der Waals surface area (Å²) < 4.78 is 0. The summed E-state index contributed by atoms with van der Waals surface area (Å²) in [5.41, 5.74) is 0. The molecule has 1 aliphatic carbocycles. The second kappa shape index (κ2) is 4.88. The highest BCUT2D eigenvalue weighted by molar-refractivity contribution is 6.37. The smallest absolute Gasteiger partial charge is 0.372 e. The standard InChI is InChI=1S/C10H14O4/c11-8-6-4-2-1-3-5-7(8)9(12)10(13)14/h7H,1-6H2,(H,13,14). The number of carbonyl (C=O) groups is 3. The first kappa shape index (κ1) is 10.9. The summed E-state index contributed by atoms with van der Waals surface area (Å²) >= 11 is 0. The summed E-state index contributed by atoms with van der Waals surface area (Å²) in [4.78, 5) is 33.0. The van der Waals surface area contributed by atoms with Crippen LogP contribution in [0, 0.1) is 5.92 Å². The van der Waals surface area contributed by atoms with Gasteiger partial charge in [0.25, 0.3) is 0 Å². The van der Waals surface area contributed by atoms with Crippen molar-refractivity contribution in [2.45, 2.75) is 38.5 Å². The van der Waals surface area contributed by atoms with E-state index in [9.17, 15) is 14.4 Å². The van der Waals surface area contributed by atoms with Gasteiger partial charge >= 0.3 is 5.97 Å². The van der Waals surface area contributed by atoms with Crippen LogP contribution < -0.4 is 0 Å². The van der Waals surface area contributed by atoms with Gasteiger partial charge in [0.05, 0.1) is 5.92 Å². The third-order valence-electron chi connectivity index (χ3n) is 2.58. The molecule has 1 aliphatic rings. The van der Waals surface area contributed by atoms with Crippen LogP contribution in [0.3, 0.4) is 0 Å². The van der Waals surface area contributed by atoms with Crippen LogP contribution in [0.4, 0.5) is 0 Å². The molecule has 0 aromatic rings. The Bertz CT molecular complexity index is 257. The minimum absolute atomic E-state index is 0.197. The zero-order valence-electron chi connectivity index (χ0n) is 7.99. The third kappa shape index (κ3) is 2.65. The predicted octanol–water partition coefficient (Wildman–Crippen LogP) is 1.18. The van der Waals surface area contributed by atoms with Gasteiger partial charge in [-0.3, -0.25) is 9.59 Å². The molecular formula is C10H14O4. The zero-order chi connectivity index (χ0) is 10.6. The molecule has 1 rings (SSSR count). The molecule has 14 heavy (non-hydrogen) atoms. The van der Waals surface area contributed by atoms with Crippen LogP contribution in [-0.2, 0) is 14.4 Å². The van der Waals surface area contributed by atoms with Crippen molar-refractivity contribution in [1.82, 2.24) is 0 Å². The summed E-state index contributed by atoms with van der Waals surface area (Å²) in [7, 11) is 0. The van der Waals surface area contributed by atoms with Crippen molar-refractivity contribution < 1.29 is 19.5 Å². The quantitative estimate of drug-likeness (QED) is 0.534. The average Bonchev–Trinajstić information content (AvgIpc) is 2.11. The number of carbonyl (C=O) groups excluding carboxylic acids is 2. The van der Waals surface area contributed by atoms with Gasteiger partial charge in [-0.2, -0.15) is 0 Å². The molecule has 1 N–H and O–H groups in total. The Morgan fingerprint density at radius 1 is 1.14 bits per heavy atom. The van der Waals surface area contributed by atoms with Gasteiger partial charge in [0.2, 0.25) is 5.78 Å². The summed E-state index contributed by atoms with van der Waals surface area (Å²) in [6.45, 7) is 0. The first-order valence-electron chi connectivity index (χ1n) is 4.93. The highest BCUT2D eigenvalue weighted by atomic mass is 16.4. The Morgan fingerprint density at radius 3 is 2.43 bits per heavy atom. The number of hydrogen-bond acceptors (Lipinski definition) is 3. The van der Waals surface area contributed by atoms with Gasteiger partial charge in [-0.1, -0.05) is 19.3 Å². The minimum atomic E-state index is -1.48. The molecule has 4 heteroatoms. The molecule has 0 spiro atoms. The van der Waals surface area contributed by atoms with Gasteiger partial charge in [-0.05, 0) is 12.8 Å². The third-order valence-corrected chi connectivity index (χ3v) is 2.58. The van der Waals surface area contributed by atoms with Crippen LogP contribution >= 0.6 is 0 Å². The first-order valence-corrected chi connectivity index (χ1v) is 4.93. The van der Waals surface area contributed by atoms with E-state index < -0.39 is 17.7 Å². The SMILES string of the molecule is O=C(O)C(=O)C1CCCCCCC1=O. The van der Waals surface area contributed by atoms with Gasteiger partial charge in [-0.25, -0.2) is 4.79 Å². The lowest BCUT2D eigenvalue weighted by atomic mass is 9.87. The number of Topliss-reactive ketones (excluding diaryl/α,β-unsaturated/α-hetero) is 2. The highest BCUT2D eigenvalue weighted by Gasteiger charge is 2.30. The van der Waals surface area contributed by atoms with E-state index in [0.717, 1.165) is 25.7 Å². The maximum Gasteiger partial charge on any atom is 0.372 e. The van der Waals surface area contributed by atoms with Gasteiger partial charge < -0.3 is 5.11 Å². The number of carboxylic acid groups (broad SMARTS) is 1. The molecule has 78 valence electrons. The van der Waals surface area contributed by atoms with Crippen LogP contribution in [0.2, 0.25) is 0 Å². The van der Waals surface area contributed by atoms with Crippen molar-refractivity contribution in [2.24, 2.45) is 5.92 Å². The van der Waals surface area contributed by atoms with Crippen LogP contribution in [0.5, 0.6) is 0 Å². The number of hydrogen-bond donors (Lipinski definition) is 1. The summed E-state index contributed by atoms with van der Waals surface area (Å²) in [5.74, 6) is -3.49. The summed E-state index contributed by atoms with van der Waals surface area (Å²) in [6.07, 6.45) is 4.29. The van der Waals surface area contributed by atoms with Crippen molar-refractivity contribution in [3.63, 3.8) is 0 Å². The van der Waals surface area contributed by atoms with Gasteiger partial charge in [0, 0.05) is 6.42 Å². The molecule has 1 fully saturated rings. The van der Waals surface area contributed by atoms with E-state index in [2.05, 4.69) is 0 Å². The molecule has 0 radical (unpaired) electrons. The Morgan fingerprint density at radius 2 is 1.79 bits per heavy atom. The van der Waals surface area contributed by atoms with Gasteiger partial charge in [-0.15, -0.1) is 0 Å². The molecule has 0 aliphatic heterocycles. The number of ketones is 2. The molecule has 1 saturated carbocycles. The minimum Gasteiger partial charge on any atom is -0.475 e. The second-order valence-electron chi connectivity index (χ2n) is 3.64. The fourth-order valence-electron chi connectivity index (χ4n) is 1.76. The molecule has 0 aromatic carbocycles. The average molecular weight is 198 g/mol. The lowest BCUT2D eigenvalue weighted by Gasteiger charge is -2.15. The van der Waals surface area contributed by atoms with E-state index in [0.29, 0.717) is 12.8 Å². The molecule has 1 unspecified atom stereocenters. The topological polar surface area (TPSA) is 71.4 Å². The summed E-state index contributed by atoms with van der Waals surface area (Å²) in [6, 6.07) is 0. The number of aliphatic carboxylic acids is 1. The van der Waals surface area contributed by atoms with Crippen molar-refractivity contribution in [3.8, 4) is 0 Å². The molecule has 0 aromatic heterocycles. The number of rotatable bonds is 2. The van der Waals surface area contributed by atoms with Crippen LogP contribution in [-0.4, -0.2) is 22.6 Å². The van der Waals surface area contributed by atoms with E-state index in [1.165, 1.54) is 0 Å². The molecule has 0 saturated heterocycles. The van der Waals surface area contributed by atoms with Crippen LogP contribution in [0.1, 0.15) is 38.5 Å². The lowest BCUT2D eigenvalue weighted by Crippen LogP contribution is -2.30. The zero-order valence-corrected chi connectivity index (χ0v) is 7.99. The molecule has 1 atom stereocenters. The fourth-order valence-corrected chi connectivity index (χ4v) is 1.76. The van der Waals surface area contributed by atoms with Crippen molar-refractivity contribution in [1.29, 1.82) is 0 Å². The Balaban J connectivity index is 2.67. The maximum atomic E-state index is 11.4. The van der Waals surface area contributed by atoms with E-state index in [4.69, 9.17) is 5.11 Å². The summed E-state index contributed by atoms with van der Waals surface area (Å²) in [5, 5.41) is 8.51. The van der Waals surface area contributed by atoms with Crippen LogP contribution in [0.15, 0.2) is 0 Å². The van der Waals surface area contributed by atoms with Crippen LogP contribution in [0.25, 0.3) is 0 Å². The number of carboxylic acids is 1. The molecule has 0 amide bonds. The molecule has 4 nitrogen and oxygen atoms in total. The van der Waals surface area contributed by atoms with E-state index in [1.807, 2.05) is 0 Å². The van der Waals surface area contributed by atoms with Gasteiger partial charge in [0.1, 0.15) is 5.78 Å². The monoisotopic (exact) mass is 198 g/mol. The van der Waals surface area contributed by atoms with Crippen molar-refractivity contribution in [2.75, 3.05) is 0 Å². The largest absolute Gasteiger partial charge is 0.475 e. The van der Waals surface area contributed by atoms with E-state index in [-0.39, 0.29) is 5.78 Å². The van der Waals surface area contributed by atoms with E-state index in [1.54, 1.807) is 0 Å². The predicted molar refractivity (Wildman–Crippen MR) is 48.8 cm³/mol.